The Balaban J connectivity index is 2.36. The number of carbonyl (C=O) groups is 1. The van der Waals surface area contributed by atoms with Crippen LogP contribution in [0.15, 0.2) is 24.5 Å². The van der Waals surface area contributed by atoms with E-state index in [-0.39, 0.29) is 0 Å². The van der Waals surface area contributed by atoms with E-state index in [1.54, 1.807) is 0 Å². The van der Waals surface area contributed by atoms with Crippen LogP contribution in [-0.4, -0.2) is 54.5 Å². The molecule has 15 heteroatoms. The number of halogens is 5. The van der Waals surface area contributed by atoms with Crippen LogP contribution in [-0.2, 0) is 20.9 Å². The van der Waals surface area contributed by atoms with E-state index in [1.807, 2.05) is 0 Å². The van der Waals surface area contributed by atoms with Crippen molar-refractivity contribution in [1.29, 1.82) is 0 Å². The number of aliphatic hydroxyl groups excluding tert-OH is 1. The van der Waals surface area contributed by atoms with Gasteiger partial charge in [-0.05, 0) is 12.1 Å². The average Bonchev–Trinajstić information content (AvgIpc) is 2.71. The number of methoxy groups -OCH3 is 1. The zero-order chi connectivity index (χ0) is 23.8. The molecule has 0 bridgehead atoms. The number of nitrogens with zero attached hydrogens (tertiary/aromatic N) is 4. The molecule has 9 nitrogen and oxygen atoms in total. The van der Waals surface area contributed by atoms with E-state index < -0.39 is 80.7 Å². The lowest BCUT2D eigenvalue weighted by Gasteiger charge is -2.30. The van der Waals surface area contributed by atoms with Gasteiger partial charge in [-0.1, -0.05) is 0 Å². The van der Waals surface area contributed by atoms with Gasteiger partial charge in [0.25, 0.3) is 10.0 Å². The largest absolute Gasteiger partial charge is 0.504 e. The third kappa shape index (κ3) is 4.06. The SMILES string of the molecule is COC(=O)c1ccc(C(F)(F)F)nc1C1=C(O)c2nccnc2N(CCC(F)F)S1(=O)=O. The van der Waals surface area contributed by atoms with Crippen molar-refractivity contribution in [2.45, 2.75) is 19.0 Å². The molecule has 3 rings (SSSR count). The highest BCUT2D eigenvalue weighted by molar-refractivity contribution is 8.02. The molecule has 1 aliphatic heterocycles. The summed E-state index contributed by atoms with van der Waals surface area (Å²) in [5.74, 6) is -2.92. The number of hydrogen-bond donors (Lipinski definition) is 1. The summed E-state index contributed by atoms with van der Waals surface area (Å²) in [4.78, 5) is 21.6. The topological polar surface area (TPSA) is 123 Å². The van der Waals surface area contributed by atoms with Crippen LogP contribution >= 0.6 is 0 Å². The molecule has 0 fully saturated rings. The second-order valence-corrected chi connectivity index (χ2v) is 8.04. The minimum absolute atomic E-state index is 0.361. The maximum absolute atomic E-state index is 13.2. The fraction of sp³-hybridized carbons (Fsp3) is 0.294. The van der Waals surface area contributed by atoms with Crippen molar-refractivity contribution in [3.05, 3.63) is 47.2 Å². The van der Waals surface area contributed by atoms with Crippen molar-refractivity contribution >= 4 is 32.5 Å². The van der Waals surface area contributed by atoms with Gasteiger partial charge in [0.1, 0.15) is 17.1 Å². The van der Waals surface area contributed by atoms with Crippen molar-refractivity contribution in [2.24, 2.45) is 0 Å². The molecule has 2 aromatic heterocycles. The van der Waals surface area contributed by atoms with E-state index in [2.05, 4.69) is 19.7 Å². The first kappa shape index (κ1) is 23.3. The number of carbonyl (C=O) groups excluding carboxylic acids is 1. The van der Waals surface area contributed by atoms with Gasteiger partial charge < -0.3 is 9.84 Å². The molecule has 0 radical (unpaired) electrons. The average molecular weight is 480 g/mol. The van der Waals surface area contributed by atoms with Crippen LogP contribution < -0.4 is 4.31 Å². The molecule has 0 saturated carbocycles. The molecule has 0 aliphatic carbocycles. The Hall–Kier alpha value is -3.36. The highest BCUT2D eigenvalue weighted by atomic mass is 32.2. The van der Waals surface area contributed by atoms with Crippen LogP contribution in [0.3, 0.4) is 0 Å². The van der Waals surface area contributed by atoms with Gasteiger partial charge in [0.2, 0.25) is 6.43 Å². The van der Waals surface area contributed by atoms with Gasteiger partial charge in [-0.25, -0.2) is 41.3 Å². The summed E-state index contributed by atoms with van der Waals surface area (Å²) in [6, 6.07) is 1.05. The van der Waals surface area contributed by atoms with E-state index in [9.17, 15) is 40.3 Å². The van der Waals surface area contributed by atoms with Crippen molar-refractivity contribution in [3.63, 3.8) is 0 Å². The Bertz CT molecular complexity index is 1200. The Kier molecular flexibility index (Phi) is 6.04. The zero-order valence-corrected chi connectivity index (χ0v) is 16.8. The summed E-state index contributed by atoms with van der Waals surface area (Å²) in [7, 11) is -4.12. The number of aromatic nitrogens is 3. The summed E-state index contributed by atoms with van der Waals surface area (Å²) in [6.45, 7) is -0.838. The summed E-state index contributed by atoms with van der Waals surface area (Å²) >= 11 is 0. The Morgan fingerprint density at radius 2 is 1.84 bits per heavy atom. The van der Waals surface area contributed by atoms with E-state index in [0.717, 1.165) is 19.5 Å². The number of alkyl halides is 5. The first-order valence-electron chi connectivity index (χ1n) is 8.62. The molecule has 0 spiro atoms. The number of anilines is 1. The van der Waals surface area contributed by atoms with E-state index >= 15 is 0 Å². The summed E-state index contributed by atoms with van der Waals surface area (Å²) in [5, 5.41) is 10.6. The van der Waals surface area contributed by atoms with Gasteiger partial charge in [0.15, 0.2) is 16.5 Å². The first-order chi connectivity index (χ1) is 14.9. The molecule has 3 heterocycles. The predicted molar refractivity (Wildman–Crippen MR) is 98.9 cm³/mol. The quantitative estimate of drug-likeness (QED) is 0.512. The van der Waals surface area contributed by atoms with Gasteiger partial charge in [-0.3, -0.25) is 0 Å². The number of pyridine rings is 1. The van der Waals surface area contributed by atoms with Crippen LogP contribution in [0.5, 0.6) is 0 Å². The van der Waals surface area contributed by atoms with Crippen LogP contribution in [0.2, 0.25) is 0 Å². The lowest BCUT2D eigenvalue weighted by Crippen LogP contribution is -2.38. The second kappa shape index (κ2) is 8.29. The van der Waals surface area contributed by atoms with Crippen molar-refractivity contribution in [3.8, 4) is 0 Å². The lowest BCUT2D eigenvalue weighted by molar-refractivity contribution is -0.141. The van der Waals surface area contributed by atoms with Crippen LogP contribution in [0.4, 0.5) is 27.8 Å². The number of sulfonamides is 1. The number of fused-ring (bicyclic) bond motifs is 1. The zero-order valence-electron chi connectivity index (χ0n) is 16.0. The smallest absolute Gasteiger partial charge is 0.433 e. The molecule has 172 valence electrons. The van der Waals surface area contributed by atoms with Crippen LogP contribution in [0.25, 0.3) is 10.7 Å². The third-order valence-corrected chi connectivity index (χ3v) is 6.10. The molecule has 0 saturated heterocycles. The fourth-order valence-electron chi connectivity index (χ4n) is 2.87. The molecule has 32 heavy (non-hydrogen) atoms. The van der Waals surface area contributed by atoms with Crippen LogP contribution in [0, 0.1) is 0 Å². The number of esters is 1. The van der Waals surface area contributed by atoms with Gasteiger partial charge in [-0.2, -0.15) is 13.2 Å². The predicted octanol–water partition coefficient (Wildman–Crippen LogP) is 2.87. The second-order valence-electron chi connectivity index (χ2n) is 6.25. The molecule has 2 aromatic rings. The number of aliphatic hydroxyl groups is 1. The molecule has 0 atom stereocenters. The summed E-state index contributed by atoms with van der Waals surface area (Å²) in [5.41, 5.74) is -3.88. The van der Waals surface area contributed by atoms with Crippen molar-refractivity contribution in [1.82, 2.24) is 15.0 Å². The van der Waals surface area contributed by atoms with E-state index in [4.69, 9.17) is 0 Å². The van der Waals surface area contributed by atoms with E-state index in [0.29, 0.717) is 16.4 Å². The fourth-order valence-corrected chi connectivity index (χ4v) is 4.54. The Morgan fingerprint density at radius 3 is 2.44 bits per heavy atom. The van der Waals surface area contributed by atoms with Gasteiger partial charge in [0, 0.05) is 25.4 Å². The molecule has 0 aromatic carbocycles. The molecule has 1 aliphatic rings. The Labute approximate surface area is 177 Å². The third-order valence-electron chi connectivity index (χ3n) is 4.26. The van der Waals surface area contributed by atoms with Gasteiger partial charge >= 0.3 is 12.1 Å². The monoisotopic (exact) mass is 480 g/mol. The number of ether oxygens (including phenoxy) is 1. The summed E-state index contributed by atoms with van der Waals surface area (Å²) < 4.78 is 96.6. The van der Waals surface area contributed by atoms with Crippen LogP contribution in [0.1, 0.15) is 33.9 Å². The molecule has 0 amide bonds. The maximum atomic E-state index is 13.2. The summed E-state index contributed by atoms with van der Waals surface area (Å²) in [6.07, 6.45) is -6.85. The first-order valence-corrected chi connectivity index (χ1v) is 10.1. The van der Waals surface area contributed by atoms with E-state index in [1.165, 1.54) is 0 Å². The van der Waals surface area contributed by atoms with Crippen molar-refractivity contribution < 1.29 is 45.0 Å². The molecule has 1 N–H and O–H groups in total. The normalized spacial score (nSPS) is 15.7. The molecule has 0 unspecified atom stereocenters. The highest BCUT2D eigenvalue weighted by Gasteiger charge is 2.44. The van der Waals surface area contributed by atoms with Crippen molar-refractivity contribution in [2.75, 3.05) is 18.0 Å². The minimum atomic E-state index is -5.04. The molecular formula is C17H13F5N4O5S. The highest BCUT2D eigenvalue weighted by Crippen LogP contribution is 2.42. The molecular weight excluding hydrogens is 467 g/mol. The maximum Gasteiger partial charge on any atom is 0.433 e. The van der Waals surface area contributed by atoms with Gasteiger partial charge in [-0.15, -0.1) is 0 Å². The standard InChI is InChI=1S/C17H13F5N4O5S/c1-31-16(28)8-2-3-9(17(20,21)22)25-11(8)14-13(27)12-15(24-6-5-23-12)26(32(14,29)30)7-4-10(18)19/h2-3,5-6,10,27H,4,7H2,1H3. The lowest BCUT2D eigenvalue weighted by atomic mass is 10.1. The Morgan fingerprint density at radius 1 is 1.19 bits per heavy atom. The number of rotatable bonds is 5. The minimum Gasteiger partial charge on any atom is -0.504 e. The van der Waals surface area contributed by atoms with Gasteiger partial charge in [0.05, 0.1) is 12.7 Å². The number of hydrogen-bond acceptors (Lipinski definition) is 8.